The third kappa shape index (κ3) is 3.52. The quantitative estimate of drug-likeness (QED) is 0.833. The van der Waals surface area contributed by atoms with E-state index in [0.29, 0.717) is 11.1 Å². The van der Waals surface area contributed by atoms with Crippen LogP contribution in [-0.4, -0.2) is 36.6 Å². The van der Waals surface area contributed by atoms with Crippen LogP contribution in [0.25, 0.3) is 11.1 Å². The summed E-state index contributed by atoms with van der Waals surface area (Å²) >= 11 is 0. The average Bonchev–Trinajstić information content (AvgIpc) is 2.77. The molecule has 0 amide bonds. The molecule has 0 spiro atoms. The van der Waals surface area contributed by atoms with Gasteiger partial charge in [0.1, 0.15) is 21.5 Å². The minimum Gasteiger partial charge on any atom is -0.438 e. The van der Waals surface area contributed by atoms with Gasteiger partial charge in [0.25, 0.3) is 0 Å². The van der Waals surface area contributed by atoms with E-state index < -0.39 is 22.0 Å². The predicted molar refractivity (Wildman–Crippen MR) is 71.3 cm³/mol. The molecular weight excluding hydrogens is 268 g/mol. The van der Waals surface area contributed by atoms with Gasteiger partial charge >= 0.3 is 0 Å². The normalized spacial score (nSPS) is 15.5. The van der Waals surface area contributed by atoms with E-state index in [0.717, 1.165) is 6.26 Å². The fourth-order valence-electron chi connectivity index (χ4n) is 1.71. The highest BCUT2D eigenvalue weighted by atomic mass is 32.2. The second kappa shape index (κ2) is 5.28. The lowest BCUT2D eigenvalue weighted by Gasteiger charge is -2.14. The van der Waals surface area contributed by atoms with Gasteiger partial charge in [-0.05, 0) is 18.6 Å². The van der Waals surface area contributed by atoms with Gasteiger partial charge in [-0.2, -0.15) is 0 Å². The molecule has 1 heterocycles. The Morgan fingerprint density at radius 3 is 2.74 bits per heavy atom. The van der Waals surface area contributed by atoms with E-state index >= 15 is 0 Å². The summed E-state index contributed by atoms with van der Waals surface area (Å²) in [4.78, 5) is 4.13. The van der Waals surface area contributed by atoms with Crippen LogP contribution in [0.3, 0.4) is 0 Å². The number of benzene rings is 1. The number of hydrogen-bond acceptors (Lipinski definition) is 6. The summed E-state index contributed by atoms with van der Waals surface area (Å²) in [6, 6.07) is 6.37. The van der Waals surface area contributed by atoms with Gasteiger partial charge in [-0.25, -0.2) is 13.4 Å². The van der Waals surface area contributed by atoms with E-state index in [9.17, 15) is 13.5 Å². The summed E-state index contributed by atoms with van der Waals surface area (Å²) in [5, 5.41) is 10.0. The summed E-state index contributed by atoms with van der Waals surface area (Å²) in [5.41, 5.74) is 6.96. The third-order valence-electron chi connectivity index (χ3n) is 2.79. The second-order valence-electron chi connectivity index (χ2n) is 4.55. The second-order valence-corrected chi connectivity index (χ2v) is 6.81. The number of para-hydroxylation sites is 2. The maximum atomic E-state index is 11.1. The van der Waals surface area contributed by atoms with E-state index in [1.807, 2.05) is 6.07 Å². The molecule has 2 rings (SSSR count). The van der Waals surface area contributed by atoms with E-state index in [4.69, 9.17) is 10.2 Å². The number of nitrogens with two attached hydrogens (primary N) is 1. The summed E-state index contributed by atoms with van der Waals surface area (Å²) in [5.74, 6) is 0.0352. The Balaban J connectivity index is 2.12. The van der Waals surface area contributed by atoms with Gasteiger partial charge in [-0.3, -0.25) is 0 Å². The van der Waals surface area contributed by atoms with Crippen LogP contribution >= 0.6 is 0 Å². The lowest BCUT2D eigenvalue weighted by molar-refractivity contribution is 0.116. The van der Waals surface area contributed by atoms with Crippen LogP contribution in [0.2, 0.25) is 0 Å². The third-order valence-corrected chi connectivity index (χ3v) is 3.77. The van der Waals surface area contributed by atoms with Gasteiger partial charge in [0.05, 0.1) is 5.75 Å². The molecule has 1 aromatic carbocycles. The number of aliphatic hydroxyl groups excluding tert-OH is 1. The zero-order valence-corrected chi connectivity index (χ0v) is 11.3. The minimum absolute atomic E-state index is 0.0779. The van der Waals surface area contributed by atoms with Crippen molar-refractivity contribution in [1.82, 2.24) is 4.98 Å². The van der Waals surface area contributed by atoms with Crippen LogP contribution < -0.4 is 5.73 Å². The van der Waals surface area contributed by atoms with Crippen molar-refractivity contribution in [2.24, 2.45) is 5.73 Å². The van der Waals surface area contributed by atoms with Gasteiger partial charge in [0.15, 0.2) is 5.58 Å². The molecule has 7 heteroatoms. The van der Waals surface area contributed by atoms with Crippen LogP contribution in [0.5, 0.6) is 0 Å². The predicted octanol–water partition coefficient (Wildman–Crippen LogP) is 0.623. The molecule has 0 saturated heterocycles. The first kappa shape index (κ1) is 14.0. The standard InChI is InChI=1S/C12H16N2O4S/c1-19(16,17)7-6-8(13)11(15)12-14-9-4-2-3-5-10(9)18-12/h2-5,8,11,15H,6-7,13H2,1H3/t8?,11-/m0/s1. The fourth-order valence-corrected chi connectivity index (χ4v) is 2.41. The summed E-state index contributed by atoms with van der Waals surface area (Å²) in [7, 11) is -3.10. The molecule has 19 heavy (non-hydrogen) atoms. The number of rotatable bonds is 5. The Morgan fingerprint density at radius 2 is 2.11 bits per heavy atom. The van der Waals surface area contributed by atoms with Crippen molar-refractivity contribution in [2.75, 3.05) is 12.0 Å². The van der Waals surface area contributed by atoms with E-state index in [-0.39, 0.29) is 18.1 Å². The topological polar surface area (TPSA) is 106 Å². The van der Waals surface area contributed by atoms with Gasteiger partial charge in [0, 0.05) is 12.3 Å². The lowest BCUT2D eigenvalue weighted by atomic mass is 10.1. The number of oxazole rings is 1. The van der Waals surface area contributed by atoms with Gasteiger partial charge in [-0.15, -0.1) is 0 Å². The van der Waals surface area contributed by atoms with Crippen molar-refractivity contribution in [3.63, 3.8) is 0 Å². The number of aliphatic hydroxyl groups is 1. The summed E-state index contributed by atoms with van der Waals surface area (Å²) in [6.07, 6.45) is 0.165. The number of hydrogen-bond donors (Lipinski definition) is 2. The SMILES string of the molecule is CS(=O)(=O)CCC(N)[C@H](O)c1nc2ccccc2o1. The van der Waals surface area contributed by atoms with E-state index in [2.05, 4.69) is 4.98 Å². The molecule has 0 radical (unpaired) electrons. The molecule has 0 aliphatic carbocycles. The number of aromatic nitrogens is 1. The minimum atomic E-state index is -3.10. The molecule has 0 bridgehead atoms. The smallest absolute Gasteiger partial charge is 0.225 e. The van der Waals surface area contributed by atoms with Crippen LogP contribution in [-0.2, 0) is 9.84 Å². The molecule has 1 unspecified atom stereocenters. The van der Waals surface area contributed by atoms with Crippen LogP contribution in [0, 0.1) is 0 Å². The van der Waals surface area contributed by atoms with E-state index in [1.165, 1.54) is 0 Å². The first-order valence-electron chi connectivity index (χ1n) is 5.83. The van der Waals surface area contributed by atoms with Crippen LogP contribution in [0.15, 0.2) is 28.7 Å². The zero-order chi connectivity index (χ0) is 14.0. The molecule has 0 saturated carbocycles. The highest BCUT2D eigenvalue weighted by molar-refractivity contribution is 7.90. The Bertz CT molecular complexity index is 632. The molecule has 0 aliphatic rings. The zero-order valence-electron chi connectivity index (χ0n) is 10.5. The monoisotopic (exact) mass is 284 g/mol. The molecule has 6 nitrogen and oxygen atoms in total. The molecule has 2 atom stereocenters. The number of fused-ring (bicyclic) bond motifs is 1. The maximum absolute atomic E-state index is 11.1. The van der Waals surface area contributed by atoms with Crippen molar-refractivity contribution in [1.29, 1.82) is 0 Å². The van der Waals surface area contributed by atoms with Crippen molar-refractivity contribution >= 4 is 20.9 Å². The van der Waals surface area contributed by atoms with Gasteiger partial charge in [-0.1, -0.05) is 12.1 Å². The van der Waals surface area contributed by atoms with Crippen molar-refractivity contribution in [3.05, 3.63) is 30.2 Å². The van der Waals surface area contributed by atoms with Crippen molar-refractivity contribution in [3.8, 4) is 0 Å². The average molecular weight is 284 g/mol. The fraction of sp³-hybridized carbons (Fsp3) is 0.417. The molecule has 104 valence electrons. The van der Waals surface area contributed by atoms with Crippen molar-refractivity contribution < 1.29 is 17.9 Å². The Kier molecular flexibility index (Phi) is 3.88. The van der Waals surface area contributed by atoms with Gasteiger partial charge in [0.2, 0.25) is 5.89 Å². The molecule has 1 aromatic heterocycles. The summed E-state index contributed by atoms with van der Waals surface area (Å²) in [6.45, 7) is 0. The molecule has 0 fully saturated rings. The Hall–Kier alpha value is -1.44. The highest BCUT2D eigenvalue weighted by Crippen LogP contribution is 2.22. The molecular formula is C12H16N2O4S. The van der Waals surface area contributed by atoms with Gasteiger partial charge < -0.3 is 15.3 Å². The number of sulfone groups is 1. The molecule has 3 N–H and O–H groups in total. The largest absolute Gasteiger partial charge is 0.438 e. The molecule has 2 aromatic rings. The highest BCUT2D eigenvalue weighted by Gasteiger charge is 2.23. The summed E-state index contributed by atoms with van der Waals surface area (Å²) < 4.78 is 27.5. The first-order chi connectivity index (χ1) is 8.87. The van der Waals surface area contributed by atoms with Crippen LogP contribution in [0.1, 0.15) is 18.4 Å². The van der Waals surface area contributed by atoms with Crippen LogP contribution in [0.4, 0.5) is 0 Å². The Labute approximate surface area is 111 Å². The molecule has 0 aliphatic heterocycles. The van der Waals surface area contributed by atoms with Crippen molar-refractivity contribution in [2.45, 2.75) is 18.6 Å². The Morgan fingerprint density at radius 1 is 1.42 bits per heavy atom. The maximum Gasteiger partial charge on any atom is 0.225 e. The first-order valence-corrected chi connectivity index (χ1v) is 7.90. The lowest BCUT2D eigenvalue weighted by Crippen LogP contribution is -2.30. The number of nitrogens with zero attached hydrogens (tertiary/aromatic N) is 1. The van der Waals surface area contributed by atoms with E-state index in [1.54, 1.807) is 18.2 Å².